The lowest BCUT2D eigenvalue weighted by Gasteiger charge is -2.26. The zero-order valence-corrected chi connectivity index (χ0v) is 10.3. The Morgan fingerprint density at radius 1 is 1.50 bits per heavy atom. The Labute approximate surface area is 111 Å². The van der Waals surface area contributed by atoms with E-state index in [-0.39, 0.29) is 18.3 Å². The van der Waals surface area contributed by atoms with Gasteiger partial charge in [0.1, 0.15) is 13.1 Å². The number of urea groups is 1. The summed E-state index contributed by atoms with van der Waals surface area (Å²) in [5, 5.41) is 8.49. The normalized spacial score (nSPS) is 15.9. The van der Waals surface area contributed by atoms with Crippen molar-refractivity contribution in [2.75, 3.05) is 25.0 Å². The molecule has 1 aromatic rings. The minimum Gasteiger partial charge on any atom is -0.353 e. The molecule has 1 aliphatic heterocycles. The van der Waals surface area contributed by atoms with Gasteiger partial charge < -0.3 is 10.2 Å². The molecule has 0 spiro atoms. The van der Waals surface area contributed by atoms with E-state index in [0.717, 1.165) is 6.20 Å². The summed E-state index contributed by atoms with van der Waals surface area (Å²) in [5.41, 5.74) is 0. The molecule has 0 unspecified atom stereocenters. The minimum absolute atomic E-state index is 0.00484. The number of nitrogens with zero attached hydrogens (tertiary/aromatic N) is 3. The van der Waals surface area contributed by atoms with Gasteiger partial charge >= 0.3 is 12.2 Å². The van der Waals surface area contributed by atoms with E-state index in [1.807, 2.05) is 0 Å². The van der Waals surface area contributed by atoms with Crippen LogP contribution >= 0.6 is 0 Å². The number of hydrogen-bond donors (Lipinski definition) is 2. The van der Waals surface area contributed by atoms with Crippen molar-refractivity contribution in [3.63, 3.8) is 0 Å². The summed E-state index contributed by atoms with van der Waals surface area (Å²) in [4.78, 5) is 24.1. The van der Waals surface area contributed by atoms with Crippen molar-refractivity contribution in [1.82, 2.24) is 20.0 Å². The van der Waals surface area contributed by atoms with Crippen molar-refractivity contribution in [2.24, 2.45) is 0 Å². The van der Waals surface area contributed by atoms with Crippen LogP contribution in [-0.2, 0) is 11.3 Å². The number of carbonyl (C=O) groups is 2. The number of piperazine rings is 1. The number of hydrogen-bond acceptors (Lipinski definition) is 3. The van der Waals surface area contributed by atoms with Crippen molar-refractivity contribution in [2.45, 2.75) is 12.7 Å². The summed E-state index contributed by atoms with van der Waals surface area (Å²) in [6.45, 7) is -0.639. The van der Waals surface area contributed by atoms with Crippen LogP contribution in [0.1, 0.15) is 0 Å². The highest BCUT2D eigenvalue weighted by Crippen LogP contribution is 2.17. The molecule has 0 saturated carbocycles. The van der Waals surface area contributed by atoms with Crippen molar-refractivity contribution in [1.29, 1.82) is 0 Å². The van der Waals surface area contributed by atoms with Crippen LogP contribution in [0.2, 0.25) is 0 Å². The van der Waals surface area contributed by atoms with E-state index in [2.05, 4.69) is 15.7 Å². The van der Waals surface area contributed by atoms with E-state index in [1.165, 1.54) is 11.0 Å². The quantitative estimate of drug-likeness (QED) is 0.828. The zero-order valence-electron chi connectivity index (χ0n) is 10.3. The van der Waals surface area contributed by atoms with Gasteiger partial charge in [0.25, 0.3) is 0 Å². The van der Waals surface area contributed by atoms with Crippen molar-refractivity contribution < 1.29 is 22.8 Å². The third kappa shape index (κ3) is 3.87. The molecule has 1 saturated heterocycles. The van der Waals surface area contributed by atoms with Crippen molar-refractivity contribution in [3.05, 3.63) is 12.3 Å². The van der Waals surface area contributed by atoms with Gasteiger partial charge in [-0.3, -0.25) is 14.8 Å². The first-order valence-corrected chi connectivity index (χ1v) is 5.76. The van der Waals surface area contributed by atoms with Crippen LogP contribution in [-0.4, -0.2) is 52.4 Å². The summed E-state index contributed by atoms with van der Waals surface area (Å²) in [7, 11) is 0. The highest BCUT2D eigenvalue weighted by Gasteiger charge is 2.28. The van der Waals surface area contributed by atoms with Crippen LogP contribution in [0, 0.1) is 0 Å². The molecule has 2 heterocycles. The molecule has 2 N–H and O–H groups in total. The van der Waals surface area contributed by atoms with E-state index in [0.29, 0.717) is 17.8 Å². The third-order valence-corrected chi connectivity index (χ3v) is 2.54. The number of amides is 3. The largest absolute Gasteiger partial charge is 0.408 e. The monoisotopic (exact) mass is 291 g/mol. The van der Waals surface area contributed by atoms with Gasteiger partial charge in [-0.15, -0.1) is 0 Å². The first-order chi connectivity index (χ1) is 9.33. The van der Waals surface area contributed by atoms with E-state index in [4.69, 9.17) is 0 Å². The van der Waals surface area contributed by atoms with Gasteiger partial charge in [-0.25, -0.2) is 4.79 Å². The molecule has 20 heavy (non-hydrogen) atoms. The number of nitrogens with one attached hydrogen (secondary N) is 2. The zero-order chi connectivity index (χ0) is 14.8. The van der Waals surface area contributed by atoms with Crippen LogP contribution in [0.5, 0.6) is 0 Å². The van der Waals surface area contributed by atoms with E-state index < -0.39 is 18.8 Å². The molecule has 1 aliphatic rings. The summed E-state index contributed by atoms with van der Waals surface area (Å²) >= 11 is 0. The fraction of sp³-hybridized carbons (Fsp3) is 0.500. The van der Waals surface area contributed by atoms with Crippen LogP contribution in [0.25, 0.3) is 0 Å². The van der Waals surface area contributed by atoms with Crippen LogP contribution in [0.4, 0.5) is 23.8 Å². The maximum Gasteiger partial charge on any atom is 0.408 e. The molecule has 0 aliphatic carbocycles. The standard InChI is InChI=1S/C10H12F3N5O2/c11-10(12,13)6-18-3-1-7(16-18)15-9(20)17-4-2-14-8(19)5-17/h1,3H,2,4-6H2,(H,14,19)(H,15,16,20). The molecule has 1 aromatic heterocycles. The van der Waals surface area contributed by atoms with E-state index in [1.54, 1.807) is 0 Å². The number of carbonyl (C=O) groups excluding carboxylic acids is 2. The summed E-state index contributed by atoms with van der Waals surface area (Å²) in [6, 6.07) is 0.685. The van der Waals surface area contributed by atoms with Gasteiger partial charge in [0, 0.05) is 25.4 Å². The molecule has 0 bridgehead atoms. The molecular weight excluding hydrogens is 279 g/mol. The molecule has 0 aromatic carbocycles. The van der Waals surface area contributed by atoms with Gasteiger partial charge in [-0.1, -0.05) is 0 Å². The Morgan fingerprint density at radius 3 is 2.90 bits per heavy atom. The molecule has 110 valence electrons. The molecule has 3 amide bonds. The van der Waals surface area contributed by atoms with Crippen LogP contribution in [0.3, 0.4) is 0 Å². The molecule has 0 radical (unpaired) electrons. The lowest BCUT2D eigenvalue weighted by Crippen LogP contribution is -2.51. The fourth-order valence-corrected chi connectivity index (χ4v) is 1.70. The highest BCUT2D eigenvalue weighted by atomic mass is 19.4. The van der Waals surface area contributed by atoms with Gasteiger partial charge in [0.05, 0.1) is 0 Å². The second-order valence-electron chi connectivity index (χ2n) is 4.22. The molecule has 1 fully saturated rings. The number of rotatable bonds is 2. The van der Waals surface area contributed by atoms with Gasteiger partial charge in [-0.05, 0) is 0 Å². The molecule has 7 nitrogen and oxygen atoms in total. The summed E-state index contributed by atoms with van der Waals surface area (Å²) < 4.78 is 37.1. The van der Waals surface area contributed by atoms with Crippen LogP contribution in [0.15, 0.2) is 12.3 Å². The molecular formula is C10H12F3N5O2. The first kappa shape index (κ1) is 14.2. The lowest BCUT2D eigenvalue weighted by molar-refractivity contribution is -0.142. The topological polar surface area (TPSA) is 79.3 Å². The van der Waals surface area contributed by atoms with Crippen molar-refractivity contribution >= 4 is 17.8 Å². The Morgan fingerprint density at radius 2 is 2.25 bits per heavy atom. The predicted octanol–water partition coefficient (Wildman–Crippen LogP) is 0.409. The van der Waals surface area contributed by atoms with Crippen LogP contribution < -0.4 is 10.6 Å². The van der Waals surface area contributed by atoms with Gasteiger partial charge in [0.15, 0.2) is 5.82 Å². The Bertz CT molecular complexity index is 513. The van der Waals surface area contributed by atoms with E-state index >= 15 is 0 Å². The maximum atomic E-state index is 12.1. The fourth-order valence-electron chi connectivity index (χ4n) is 1.70. The van der Waals surface area contributed by atoms with Gasteiger partial charge in [-0.2, -0.15) is 18.3 Å². The Kier molecular flexibility index (Phi) is 3.81. The molecule has 10 heteroatoms. The molecule has 2 rings (SSSR count). The Balaban J connectivity index is 1.93. The number of aromatic nitrogens is 2. The predicted molar refractivity (Wildman–Crippen MR) is 61.9 cm³/mol. The second-order valence-corrected chi connectivity index (χ2v) is 4.22. The lowest BCUT2D eigenvalue weighted by atomic mass is 10.4. The van der Waals surface area contributed by atoms with Gasteiger partial charge in [0.2, 0.25) is 5.91 Å². The molecule has 0 atom stereocenters. The third-order valence-electron chi connectivity index (χ3n) is 2.54. The second kappa shape index (κ2) is 5.39. The minimum atomic E-state index is -4.38. The average Bonchev–Trinajstić information content (AvgIpc) is 2.74. The number of alkyl halides is 3. The average molecular weight is 291 g/mol. The smallest absolute Gasteiger partial charge is 0.353 e. The first-order valence-electron chi connectivity index (χ1n) is 5.76. The SMILES string of the molecule is O=C1CN(C(=O)Nc2ccn(CC(F)(F)F)n2)CCN1. The number of halogens is 3. The van der Waals surface area contributed by atoms with E-state index in [9.17, 15) is 22.8 Å². The summed E-state index contributed by atoms with van der Waals surface area (Å²) in [6.07, 6.45) is -3.26. The van der Waals surface area contributed by atoms with Crippen molar-refractivity contribution in [3.8, 4) is 0 Å². The maximum absolute atomic E-state index is 12.1. The number of anilines is 1. The Hall–Kier alpha value is -2.26. The highest BCUT2D eigenvalue weighted by molar-refractivity contribution is 5.92. The summed E-state index contributed by atoms with van der Waals surface area (Å²) in [5.74, 6) is -0.278.